The van der Waals surface area contributed by atoms with E-state index in [2.05, 4.69) is 6.58 Å². The molecule has 0 heterocycles. The number of ketones is 1. The summed E-state index contributed by atoms with van der Waals surface area (Å²) in [4.78, 5) is 23.3. The van der Waals surface area contributed by atoms with Crippen molar-refractivity contribution < 1.29 is 14.3 Å². The smallest absolute Gasteiger partial charge is 0.306 e. The van der Waals surface area contributed by atoms with Gasteiger partial charge in [-0.2, -0.15) is 0 Å². The fourth-order valence-corrected chi connectivity index (χ4v) is 2.23. The van der Waals surface area contributed by atoms with Gasteiger partial charge >= 0.3 is 5.97 Å². The summed E-state index contributed by atoms with van der Waals surface area (Å²) in [6, 6.07) is 0. The number of ether oxygens (including phenoxy) is 1. The molecule has 1 aliphatic rings. The van der Waals surface area contributed by atoms with Crippen molar-refractivity contribution in [1.29, 1.82) is 0 Å². The van der Waals surface area contributed by atoms with E-state index in [1.54, 1.807) is 6.08 Å². The van der Waals surface area contributed by atoms with Crippen molar-refractivity contribution in [2.75, 3.05) is 0 Å². The zero-order chi connectivity index (χ0) is 13.8. The Hall–Kier alpha value is -1.12. The molecule has 102 valence electrons. The Morgan fingerprint density at radius 1 is 1.33 bits per heavy atom. The minimum absolute atomic E-state index is 0.149. The molecule has 0 amide bonds. The van der Waals surface area contributed by atoms with E-state index in [-0.39, 0.29) is 11.9 Å². The van der Waals surface area contributed by atoms with Crippen LogP contribution in [-0.4, -0.2) is 17.4 Å². The highest BCUT2D eigenvalue weighted by Crippen LogP contribution is 2.38. The topological polar surface area (TPSA) is 43.4 Å². The first-order valence-electron chi connectivity index (χ1n) is 6.67. The molecule has 0 aliphatic heterocycles. The first kappa shape index (κ1) is 14.9. The van der Waals surface area contributed by atoms with Crippen LogP contribution in [0, 0.1) is 11.8 Å². The number of carbonyl (C=O) groups is 2. The van der Waals surface area contributed by atoms with Gasteiger partial charge in [-0.25, -0.2) is 0 Å². The summed E-state index contributed by atoms with van der Waals surface area (Å²) in [7, 11) is 0. The average Bonchev–Trinajstić information content (AvgIpc) is 2.16. The van der Waals surface area contributed by atoms with E-state index in [1.807, 2.05) is 20.8 Å². The summed E-state index contributed by atoms with van der Waals surface area (Å²) < 4.78 is 5.27. The van der Waals surface area contributed by atoms with Crippen molar-refractivity contribution in [3.05, 3.63) is 12.7 Å². The van der Waals surface area contributed by atoms with E-state index in [1.165, 1.54) is 0 Å². The number of esters is 1. The third kappa shape index (κ3) is 5.03. The van der Waals surface area contributed by atoms with Crippen LogP contribution in [0.1, 0.15) is 52.9 Å². The molecule has 1 saturated carbocycles. The Bertz CT molecular complexity index is 319. The number of carbonyl (C=O) groups excluding carboxylic acids is 2. The van der Waals surface area contributed by atoms with Crippen molar-refractivity contribution in [3.8, 4) is 0 Å². The van der Waals surface area contributed by atoms with Crippen LogP contribution in [0.4, 0.5) is 0 Å². The molecule has 0 N–H and O–H groups in total. The van der Waals surface area contributed by atoms with E-state index in [4.69, 9.17) is 4.74 Å². The van der Waals surface area contributed by atoms with Gasteiger partial charge < -0.3 is 4.74 Å². The zero-order valence-corrected chi connectivity index (χ0v) is 11.7. The maximum absolute atomic E-state index is 11.7. The number of hydrogen-bond donors (Lipinski definition) is 0. The third-order valence-corrected chi connectivity index (χ3v) is 3.16. The fourth-order valence-electron chi connectivity index (χ4n) is 2.23. The number of hydrogen-bond acceptors (Lipinski definition) is 3. The maximum Gasteiger partial charge on any atom is 0.306 e. The first-order chi connectivity index (χ1) is 8.31. The Labute approximate surface area is 110 Å². The van der Waals surface area contributed by atoms with E-state index in [9.17, 15) is 9.59 Å². The molecule has 0 bridgehead atoms. The fraction of sp³-hybridized carbons (Fsp3) is 0.733. The molecule has 0 radical (unpaired) electrons. The van der Waals surface area contributed by atoms with Gasteiger partial charge in [-0.1, -0.05) is 6.08 Å². The van der Waals surface area contributed by atoms with Gasteiger partial charge in [0, 0.05) is 18.8 Å². The van der Waals surface area contributed by atoms with Crippen LogP contribution in [0.2, 0.25) is 0 Å². The standard InChI is InChI=1S/C15H24O3/c1-5-6-7-13(16)12-8-11(9-12)10-14(17)18-15(2,3)4/h5,11-12H,1,6-10H2,2-4H3. The molecule has 18 heavy (non-hydrogen) atoms. The predicted octanol–water partition coefficient (Wildman–Crippen LogP) is 3.28. The Morgan fingerprint density at radius 2 is 1.94 bits per heavy atom. The lowest BCUT2D eigenvalue weighted by Gasteiger charge is -2.34. The van der Waals surface area contributed by atoms with Gasteiger partial charge in [-0.15, -0.1) is 6.58 Å². The van der Waals surface area contributed by atoms with Gasteiger partial charge in [0.2, 0.25) is 0 Å². The van der Waals surface area contributed by atoms with Gasteiger partial charge in [-0.05, 0) is 46.0 Å². The van der Waals surface area contributed by atoms with Gasteiger partial charge in [0.1, 0.15) is 11.4 Å². The molecule has 1 aliphatic carbocycles. The molecule has 0 unspecified atom stereocenters. The monoisotopic (exact) mass is 252 g/mol. The van der Waals surface area contributed by atoms with Gasteiger partial charge in [-0.3, -0.25) is 9.59 Å². The average molecular weight is 252 g/mol. The molecule has 0 atom stereocenters. The molecule has 3 heteroatoms. The molecular formula is C15H24O3. The maximum atomic E-state index is 11.7. The molecule has 1 fully saturated rings. The lowest BCUT2D eigenvalue weighted by Crippen LogP contribution is -2.33. The molecule has 0 spiro atoms. The van der Waals surface area contributed by atoms with E-state index >= 15 is 0 Å². The lowest BCUT2D eigenvalue weighted by atomic mass is 9.70. The highest BCUT2D eigenvalue weighted by atomic mass is 16.6. The molecule has 0 saturated heterocycles. The van der Waals surface area contributed by atoms with Crippen molar-refractivity contribution in [2.45, 2.75) is 58.5 Å². The van der Waals surface area contributed by atoms with E-state index < -0.39 is 5.60 Å². The quantitative estimate of drug-likeness (QED) is 0.538. The first-order valence-corrected chi connectivity index (χ1v) is 6.67. The van der Waals surface area contributed by atoms with Crippen molar-refractivity contribution in [1.82, 2.24) is 0 Å². The molecule has 3 nitrogen and oxygen atoms in total. The summed E-state index contributed by atoms with van der Waals surface area (Å²) in [5.74, 6) is 0.662. The van der Waals surface area contributed by atoms with Crippen LogP contribution >= 0.6 is 0 Å². The van der Waals surface area contributed by atoms with Crippen LogP contribution in [0.25, 0.3) is 0 Å². The van der Waals surface area contributed by atoms with E-state index in [0.29, 0.717) is 24.5 Å². The van der Waals surface area contributed by atoms with Crippen LogP contribution in [0.5, 0.6) is 0 Å². The van der Waals surface area contributed by atoms with Crippen molar-refractivity contribution in [3.63, 3.8) is 0 Å². The van der Waals surface area contributed by atoms with Crippen LogP contribution in [0.15, 0.2) is 12.7 Å². The highest BCUT2D eigenvalue weighted by molar-refractivity contribution is 5.82. The minimum atomic E-state index is -0.417. The summed E-state index contributed by atoms with van der Waals surface area (Å²) in [6.45, 7) is 9.22. The third-order valence-electron chi connectivity index (χ3n) is 3.16. The molecule has 1 rings (SSSR count). The van der Waals surface area contributed by atoms with Crippen molar-refractivity contribution in [2.24, 2.45) is 11.8 Å². The molecular weight excluding hydrogens is 228 g/mol. The Morgan fingerprint density at radius 3 is 2.44 bits per heavy atom. The highest BCUT2D eigenvalue weighted by Gasteiger charge is 2.35. The molecule has 0 aromatic heterocycles. The second-order valence-corrected chi connectivity index (χ2v) is 6.12. The van der Waals surface area contributed by atoms with Gasteiger partial charge in [0.05, 0.1) is 0 Å². The van der Waals surface area contributed by atoms with Crippen LogP contribution < -0.4 is 0 Å². The number of rotatable bonds is 6. The zero-order valence-electron chi connectivity index (χ0n) is 11.7. The Kier molecular flexibility index (Phi) is 5.12. The summed E-state index contributed by atoms with van der Waals surface area (Å²) in [6.07, 6.45) is 5.25. The second kappa shape index (κ2) is 6.17. The molecule has 0 aromatic carbocycles. The largest absolute Gasteiger partial charge is 0.460 e. The van der Waals surface area contributed by atoms with Crippen molar-refractivity contribution >= 4 is 11.8 Å². The lowest BCUT2D eigenvalue weighted by molar-refractivity contribution is -0.157. The molecule has 0 aromatic rings. The minimum Gasteiger partial charge on any atom is -0.460 e. The summed E-state index contributed by atoms with van der Waals surface area (Å²) in [5.41, 5.74) is -0.417. The summed E-state index contributed by atoms with van der Waals surface area (Å²) in [5, 5.41) is 0. The Balaban J connectivity index is 2.21. The van der Waals surface area contributed by atoms with Gasteiger partial charge in [0.25, 0.3) is 0 Å². The van der Waals surface area contributed by atoms with Crippen LogP contribution in [0.3, 0.4) is 0 Å². The number of Topliss-reactive ketones (excluding diaryl/α,β-unsaturated/α-hetero) is 1. The van der Waals surface area contributed by atoms with Gasteiger partial charge in [0.15, 0.2) is 0 Å². The normalized spacial score (nSPS) is 23.1. The second-order valence-electron chi connectivity index (χ2n) is 6.12. The SMILES string of the molecule is C=CCCC(=O)C1CC(CC(=O)OC(C)(C)C)C1. The summed E-state index contributed by atoms with van der Waals surface area (Å²) >= 11 is 0. The van der Waals surface area contributed by atoms with E-state index in [0.717, 1.165) is 19.3 Å². The predicted molar refractivity (Wildman–Crippen MR) is 71.1 cm³/mol. The number of allylic oxidation sites excluding steroid dienone is 1. The van der Waals surface area contributed by atoms with Crippen LogP contribution in [-0.2, 0) is 14.3 Å².